The lowest BCUT2D eigenvalue weighted by Gasteiger charge is -2.29. The summed E-state index contributed by atoms with van der Waals surface area (Å²) in [6, 6.07) is 12.9. The third-order valence-electron chi connectivity index (χ3n) is 4.49. The second-order valence-electron chi connectivity index (χ2n) is 6.18. The number of rotatable bonds is 5. The van der Waals surface area contributed by atoms with Gasteiger partial charge in [0, 0.05) is 13.1 Å². The van der Waals surface area contributed by atoms with Gasteiger partial charge in [-0.05, 0) is 35.7 Å². The summed E-state index contributed by atoms with van der Waals surface area (Å²) in [5, 5.41) is 0. The third kappa shape index (κ3) is 3.96. The highest BCUT2D eigenvalue weighted by Crippen LogP contribution is 2.24. The zero-order valence-electron chi connectivity index (χ0n) is 14.7. The minimum absolute atomic E-state index is 0.0437. The Labute approximate surface area is 152 Å². The number of esters is 1. The predicted octanol–water partition coefficient (Wildman–Crippen LogP) is 2.41. The molecule has 3 rings (SSSR count). The van der Waals surface area contributed by atoms with E-state index in [1.54, 1.807) is 12.1 Å². The Bertz CT molecular complexity index is 819. The van der Waals surface area contributed by atoms with Gasteiger partial charge in [0.1, 0.15) is 5.75 Å². The van der Waals surface area contributed by atoms with Crippen LogP contribution >= 0.6 is 0 Å². The molecule has 1 aliphatic rings. The van der Waals surface area contributed by atoms with E-state index in [0.29, 0.717) is 23.5 Å². The lowest BCUT2D eigenvalue weighted by atomic mass is 10.00. The molecule has 0 spiro atoms. The summed E-state index contributed by atoms with van der Waals surface area (Å²) in [5.74, 6) is -0.0372. The Morgan fingerprint density at radius 3 is 2.69 bits per heavy atom. The van der Waals surface area contributed by atoms with Gasteiger partial charge in [0.15, 0.2) is 0 Å². The first-order chi connectivity index (χ1) is 12.6. The number of nitrogens with two attached hydrogens (primary N) is 1. The van der Waals surface area contributed by atoms with Gasteiger partial charge in [-0.3, -0.25) is 4.79 Å². The van der Waals surface area contributed by atoms with Gasteiger partial charge in [-0.25, -0.2) is 4.79 Å². The van der Waals surface area contributed by atoms with Crippen LogP contribution < -0.4 is 10.5 Å². The Morgan fingerprint density at radius 2 is 1.92 bits per heavy atom. The fraction of sp³-hybridized carbons (Fsp3) is 0.300. The van der Waals surface area contributed by atoms with E-state index >= 15 is 0 Å². The van der Waals surface area contributed by atoms with Crippen LogP contribution in [0.3, 0.4) is 0 Å². The Balaban J connectivity index is 1.55. The fourth-order valence-corrected chi connectivity index (χ4v) is 3.02. The van der Waals surface area contributed by atoms with Gasteiger partial charge in [0.2, 0.25) is 5.91 Å². The van der Waals surface area contributed by atoms with Gasteiger partial charge in [-0.2, -0.15) is 0 Å². The SMILES string of the molecule is COC(=O)c1ccc(N)c(OCCC(=O)N2CCc3ccccc3C2)c1. The highest BCUT2D eigenvalue weighted by Gasteiger charge is 2.20. The molecule has 2 aromatic rings. The normalized spacial score (nSPS) is 13.0. The zero-order valence-corrected chi connectivity index (χ0v) is 14.7. The minimum atomic E-state index is -0.460. The van der Waals surface area contributed by atoms with Gasteiger partial charge in [0.25, 0.3) is 0 Å². The summed E-state index contributed by atoms with van der Waals surface area (Å²) in [6.45, 7) is 1.55. The van der Waals surface area contributed by atoms with Crippen LogP contribution in [-0.4, -0.2) is 37.0 Å². The summed E-state index contributed by atoms with van der Waals surface area (Å²) in [4.78, 5) is 25.9. The number of amides is 1. The Hall–Kier alpha value is -3.02. The molecule has 1 aliphatic heterocycles. The highest BCUT2D eigenvalue weighted by atomic mass is 16.5. The van der Waals surface area contributed by atoms with Crippen LogP contribution in [0, 0.1) is 0 Å². The van der Waals surface area contributed by atoms with E-state index in [4.69, 9.17) is 10.5 Å². The van der Waals surface area contributed by atoms with Crippen molar-refractivity contribution in [2.45, 2.75) is 19.4 Å². The van der Waals surface area contributed by atoms with Crippen LogP contribution in [0.25, 0.3) is 0 Å². The minimum Gasteiger partial charge on any atom is -0.491 e. The molecule has 136 valence electrons. The van der Waals surface area contributed by atoms with E-state index < -0.39 is 5.97 Å². The van der Waals surface area contributed by atoms with Gasteiger partial charge in [-0.15, -0.1) is 0 Å². The van der Waals surface area contributed by atoms with Crippen molar-refractivity contribution in [2.24, 2.45) is 0 Å². The fourth-order valence-electron chi connectivity index (χ4n) is 3.02. The Morgan fingerprint density at radius 1 is 1.15 bits per heavy atom. The number of carbonyl (C=O) groups is 2. The quantitative estimate of drug-likeness (QED) is 0.659. The number of hydrogen-bond donors (Lipinski definition) is 1. The molecular formula is C20H22N2O4. The van der Waals surface area contributed by atoms with Crippen molar-refractivity contribution in [1.29, 1.82) is 0 Å². The molecule has 0 saturated carbocycles. The van der Waals surface area contributed by atoms with E-state index in [1.165, 1.54) is 24.3 Å². The monoisotopic (exact) mass is 354 g/mol. The largest absolute Gasteiger partial charge is 0.491 e. The van der Waals surface area contributed by atoms with Crippen LogP contribution in [0.4, 0.5) is 5.69 Å². The maximum atomic E-state index is 12.4. The van der Waals surface area contributed by atoms with Crippen molar-refractivity contribution in [3.05, 3.63) is 59.2 Å². The number of methoxy groups -OCH3 is 1. The summed E-state index contributed by atoms with van der Waals surface area (Å²) >= 11 is 0. The van der Waals surface area contributed by atoms with Crippen molar-refractivity contribution in [1.82, 2.24) is 4.90 Å². The van der Waals surface area contributed by atoms with Crippen LogP contribution in [-0.2, 0) is 22.5 Å². The number of carbonyl (C=O) groups excluding carboxylic acids is 2. The standard InChI is InChI=1S/C20H22N2O4/c1-25-20(24)15-6-7-17(21)18(12-15)26-11-9-19(23)22-10-8-14-4-2-3-5-16(14)13-22/h2-7,12H,8-11,13,21H2,1H3. The third-order valence-corrected chi connectivity index (χ3v) is 4.49. The second-order valence-corrected chi connectivity index (χ2v) is 6.18. The average Bonchev–Trinajstić information content (AvgIpc) is 2.68. The predicted molar refractivity (Wildman–Crippen MR) is 97.9 cm³/mol. The van der Waals surface area contributed by atoms with Gasteiger partial charge in [-0.1, -0.05) is 24.3 Å². The molecule has 0 unspecified atom stereocenters. The average molecular weight is 354 g/mol. The Kier molecular flexibility index (Phi) is 5.41. The molecule has 1 amide bonds. The van der Waals surface area contributed by atoms with Gasteiger partial charge >= 0.3 is 5.97 Å². The van der Waals surface area contributed by atoms with Crippen LogP contribution in [0.15, 0.2) is 42.5 Å². The highest BCUT2D eigenvalue weighted by molar-refractivity contribution is 5.90. The van der Waals surface area contributed by atoms with E-state index in [1.807, 2.05) is 17.0 Å². The molecule has 0 bridgehead atoms. The van der Waals surface area contributed by atoms with E-state index in [-0.39, 0.29) is 18.9 Å². The molecule has 0 saturated heterocycles. The van der Waals surface area contributed by atoms with Crippen molar-refractivity contribution < 1.29 is 19.1 Å². The smallest absolute Gasteiger partial charge is 0.337 e. The molecule has 26 heavy (non-hydrogen) atoms. The summed E-state index contributed by atoms with van der Waals surface area (Å²) in [7, 11) is 1.31. The molecule has 0 aliphatic carbocycles. The van der Waals surface area contributed by atoms with Crippen molar-refractivity contribution >= 4 is 17.6 Å². The van der Waals surface area contributed by atoms with Crippen molar-refractivity contribution in [3.8, 4) is 5.75 Å². The van der Waals surface area contributed by atoms with E-state index in [9.17, 15) is 9.59 Å². The number of hydrogen-bond acceptors (Lipinski definition) is 5. The number of ether oxygens (including phenoxy) is 2. The molecule has 2 aromatic carbocycles. The summed E-state index contributed by atoms with van der Waals surface area (Å²) in [5.41, 5.74) is 9.15. The zero-order chi connectivity index (χ0) is 18.5. The lowest BCUT2D eigenvalue weighted by molar-refractivity contribution is -0.132. The first-order valence-electron chi connectivity index (χ1n) is 8.53. The molecule has 0 atom stereocenters. The summed E-state index contributed by atoms with van der Waals surface area (Å²) in [6.07, 6.45) is 1.13. The number of nitrogens with zero attached hydrogens (tertiary/aromatic N) is 1. The number of nitrogen functional groups attached to an aromatic ring is 1. The first kappa shape index (κ1) is 17.8. The molecule has 6 nitrogen and oxygen atoms in total. The van der Waals surface area contributed by atoms with Crippen molar-refractivity contribution in [3.63, 3.8) is 0 Å². The molecule has 2 N–H and O–H groups in total. The van der Waals surface area contributed by atoms with Crippen LogP contribution in [0.2, 0.25) is 0 Å². The molecule has 0 radical (unpaired) electrons. The molecular weight excluding hydrogens is 332 g/mol. The van der Waals surface area contributed by atoms with Gasteiger partial charge in [0.05, 0.1) is 31.4 Å². The van der Waals surface area contributed by atoms with Gasteiger partial charge < -0.3 is 20.1 Å². The molecule has 0 fully saturated rings. The molecule has 1 heterocycles. The molecule has 6 heteroatoms. The number of fused-ring (bicyclic) bond motifs is 1. The van der Waals surface area contributed by atoms with E-state index in [2.05, 4.69) is 16.9 Å². The first-order valence-corrected chi connectivity index (χ1v) is 8.53. The van der Waals surface area contributed by atoms with Crippen molar-refractivity contribution in [2.75, 3.05) is 26.0 Å². The van der Waals surface area contributed by atoms with E-state index in [0.717, 1.165) is 13.0 Å². The number of benzene rings is 2. The summed E-state index contributed by atoms with van der Waals surface area (Å²) < 4.78 is 10.3. The topological polar surface area (TPSA) is 81.9 Å². The lowest BCUT2D eigenvalue weighted by Crippen LogP contribution is -2.36. The maximum Gasteiger partial charge on any atom is 0.337 e. The van der Waals surface area contributed by atoms with Crippen LogP contribution in [0.1, 0.15) is 27.9 Å². The number of anilines is 1. The second kappa shape index (κ2) is 7.91. The molecule has 0 aromatic heterocycles. The van der Waals surface area contributed by atoms with Crippen LogP contribution in [0.5, 0.6) is 5.75 Å². The maximum absolute atomic E-state index is 12.4.